The van der Waals surface area contributed by atoms with E-state index in [4.69, 9.17) is 28.4 Å². The summed E-state index contributed by atoms with van der Waals surface area (Å²) >= 11 is 0. The summed E-state index contributed by atoms with van der Waals surface area (Å²) in [5, 5.41) is 72.0. The Hall–Kier alpha value is -2.02. The van der Waals surface area contributed by atoms with E-state index in [0.29, 0.717) is 12.8 Å². The highest BCUT2D eigenvalue weighted by atomic mass is 16.7. The summed E-state index contributed by atoms with van der Waals surface area (Å²) in [7, 11) is 0. The van der Waals surface area contributed by atoms with Crippen molar-refractivity contribution in [1.29, 1.82) is 0 Å². The molecule has 15 nitrogen and oxygen atoms in total. The minimum Gasteiger partial charge on any atom is -0.462 e. The molecule has 7 N–H and O–H groups in total. The first-order chi connectivity index (χ1) is 31.0. The van der Waals surface area contributed by atoms with E-state index < -0.39 is 92.7 Å². The third kappa shape index (κ3) is 25.2. The van der Waals surface area contributed by atoms with E-state index >= 15 is 0 Å². The lowest BCUT2D eigenvalue weighted by atomic mass is 9.98. The molecule has 2 rings (SSSR count). The average molecular weight is 917 g/mol. The highest BCUT2D eigenvalue weighted by Gasteiger charge is 2.47. The van der Waals surface area contributed by atoms with Crippen molar-refractivity contribution in [3.05, 3.63) is 24.3 Å². The molecule has 2 heterocycles. The van der Waals surface area contributed by atoms with Crippen LogP contribution in [0.2, 0.25) is 0 Å². The van der Waals surface area contributed by atoms with Crippen LogP contribution in [0.1, 0.15) is 181 Å². The van der Waals surface area contributed by atoms with Gasteiger partial charge in [0.2, 0.25) is 0 Å². The van der Waals surface area contributed by atoms with Crippen LogP contribution in [0.4, 0.5) is 0 Å². The smallest absolute Gasteiger partial charge is 0.306 e. The zero-order valence-electron chi connectivity index (χ0n) is 39.3. The van der Waals surface area contributed by atoms with Gasteiger partial charge in [0.1, 0.15) is 55.4 Å². The van der Waals surface area contributed by atoms with Crippen molar-refractivity contribution in [1.82, 2.24) is 0 Å². The number of aliphatic hydroxyl groups is 7. The van der Waals surface area contributed by atoms with Gasteiger partial charge >= 0.3 is 11.9 Å². The normalized spacial score (nSPS) is 26.8. The average Bonchev–Trinajstić information content (AvgIpc) is 3.29. The maximum atomic E-state index is 13.0. The van der Waals surface area contributed by atoms with Crippen LogP contribution in [0.15, 0.2) is 24.3 Å². The van der Waals surface area contributed by atoms with Crippen LogP contribution >= 0.6 is 0 Å². The maximum absolute atomic E-state index is 13.0. The number of carbonyl (C=O) groups excluding carboxylic acids is 2. The molecule has 2 saturated heterocycles. The van der Waals surface area contributed by atoms with Crippen molar-refractivity contribution in [2.24, 2.45) is 0 Å². The van der Waals surface area contributed by atoms with Gasteiger partial charge in [-0.2, -0.15) is 0 Å². The summed E-state index contributed by atoms with van der Waals surface area (Å²) in [6.07, 6.45) is 19.2. The van der Waals surface area contributed by atoms with E-state index in [9.17, 15) is 45.3 Å². The van der Waals surface area contributed by atoms with Crippen molar-refractivity contribution in [3.63, 3.8) is 0 Å². The number of aliphatic hydroxyl groups excluding tert-OH is 7. The van der Waals surface area contributed by atoms with E-state index in [1.807, 2.05) is 0 Å². The summed E-state index contributed by atoms with van der Waals surface area (Å²) in [5.74, 6) is -0.936. The molecule has 11 unspecified atom stereocenters. The standard InChI is InChI=1S/C49H88O15/c1-3-5-7-9-11-13-15-17-18-20-22-24-26-28-30-32-41(52)62-37(34-59-40(51)31-29-27-25-23-21-19-16-14-12-10-8-6-4-2)35-60-48-47(58)45(56)43(54)39(64-48)36-61-49-46(57)44(55)42(53)38(33-50)63-49/h11,13,17-18,37-39,42-50,53-58H,3-10,12,14-16,19-36H2,1-2H3/b13-11+,18-17+. The second kappa shape index (κ2) is 37.0. The predicted octanol–water partition coefficient (Wildman–Crippen LogP) is 6.38. The fourth-order valence-corrected chi connectivity index (χ4v) is 7.78. The van der Waals surface area contributed by atoms with Crippen molar-refractivity contribution < 1.29 is 73.8 Å². The molecular weight excluding hydrogens is 829 g/mol. The molecular formula is C49H88O15. The molecule has 2 fully saturated rings. The van der Waals surface area contributed by atoms with Gasteiger partial charge in [0, 0.05) is 12.8 Å². The highest BCUT2D eigenvalue weighted by molar-refractivity contribution is 5.70. The molecule has 0 spiro atoms. The lowest BCUT2D eigenvalue weighted by molar-refractivity contribution is -0.332. The van der Waals surface area contributed by atoms with Crippen LogP contribution in [0, 0.1) is 0 Å². The van der Waals surface area contributed by atoms with Gasteiger partial charge in [0.05, 0.1) is 19.8 Å². The van der Waals surface area contributed by atoms with Crippen LogP contribution < -0.4 is 0 Å². The van der Waals surface area contributed by atoms with Gasteiger partial charge in [0.15, 0.2) is 18.7 Å². The van der Waals surface area contributed by atoms with E-state index in [1.54, 1.807) is 0 Å². The molecule has 0 aromatic carbocycles. The summed E-state index contributed by atoms with van der Waals surface area (Å²) in [4.78, 5) is 25.7. The predicted molar refractivity (Wildman–Crippen MR) is 243 cm³/mol. The fraction of sp³-hybridized carbons (Fsp3) is 0.878. The Morgan fingerprint density at radius 2 is 0.938 bits per heavy atom. The molecule has 0 aromatic heterocycles. The third-order valence-electron chi connectivity index (χ3n) is 11.9. The number of unbranched alkanes of at least 4 members (excludes halogenated alkanes) is 20. The van der Waals surface area contributed by atoms with E-state index in [2.05, 4.69) is 38.2 Å². The molecule has 0 amide bonds. The first-order valence-corrected chi connectivity index (χ1v) is 24.9. The monoisotopic (exact) mass is 917 g/mol. The molecule has 2 aliphatic rings. The van der Waals surface area contributed by atoms with Crippen molar-refractivity contribution in [2.45, 2.75) is 248 Å². The zero-order chi connectivity index (χ0) is 46.8. The number of esters is 2. The molecule has 0 bridgehead atoms. The van der Waals surface area contributed by atoms with E-state index in [-0.39, 0.29) is 26.1 Å². The van der Waals surface area contributed by atoms with Crippen molar-refractivity contribution in [3.8, 4) is 0 Å². The topological polar surface area (TPSA) is 231 Å². The summed E-state index contributed by atoms with van der Waals surface area (Å²) in [5.41, 5.74) is 0. The van der Waals surface area contributed by atoms with Crippen molar-refractivity contribution in [2.75, 3.05) is 26.4 Å². The van der Waals surface area contributed by atoms with Crippen molar-refractivity contribution >= 4 is 11.9 Å². The van der Waals surface area contributed by atoms with E-state index in [0.717, 1.165) is 64.2 Å². The first kappa shape index (κ1) is 58.1. The van der Waals surface area contributed by atoms with Crippen LogP contribution in [0.3, 0.4) is 0 Å². The summed E-state index contributed by atoms with van der Waals surface area (Å²) in [6, 6.07) is 0. The molecule has 0 aromatic rings. The van der Waals surface area contributed by atoms with Gasteiger partial charge in [-0.15, -0.1) is 0 Å². The Labute approximate surface area is 383 Å². The first-order valence-electron chi connectivity index (χ1n) is 24.9. The number of hydrogen-bond donors (Lipinski definition) is 7. The molecule has 15 heteroatoms. The minimum atomic E-state index is -1.76. The lowest BCUT2D eigenvalue weighted by Crippen LogP contribution is -2.61. The molecule has 0 aliphatic carbocycles. The lowest BCUT2D eigenvalue weighted by Gasteiger charge is -2.42. The number of carbonyl (C=O) groups is 2. The summed E-state index contributed by atoms with van der Waals surface area (Å²) in [6.45, 7) is 2.55. The molecule has 0 radical (unpaired) electrons. The van der Waals surface area contributed by atoms with Gasteiger partial charge in [-0.1, -0.05) is 147 Å². The Kier molecular flexibility index (Phi) is 33.6. The maximum Gasteiger partial charge on any atom is 0.306 e. The third-order valence-corrected chi connectivity index (χ3v) is 11.9. The van der Waals surface area contributed by atoms with Gasteiger partial charge in [-0.25, -0.2) is 0 Å². The number of rotatable bonds is 38. The fourth-order valence-electron chi connectivity index (χ4n) is 7.78. The molecule has 64 heavy (non-hydrogen) atoms. The minimum absolute atomic E-state index is 0.152. The van der Waals surface area contributed by atoms with E-state index in [1.165, 1.54) is 77.0 Å². The quantitative estimate of drug-likeness (QED) is 0.0203. The second-order valence-corrected chi connectivity index (χ2v) is 17.6. The molecule has 374 valence electrons. The van der Waals surface area contributed by atoms with Gasteiger partial charge in [0.25, 0.3) is 0 Å². The number of allylic oxidation sites excluding steroid dienone is 4. The van der Waals surface area contributed by atoms with Crippen LogP contribution in [-0.4, -0.2) is 142 Å². The Morgan fingerprint density at radius 3 is 1.48 bits per heavy atom. The SMILES string of the molecule is CCCCC/C=C/C/C=C/CCCCCCCC(=O)OC(COC(=O)CCCCCCCCCCCCCCC)COC1OC(COC2OC(CO)C(O)C(O)C2O)C(O)C(O)C1O. The summed E-state index contributed by atoms with van der Waals surface area (Å²) < 4.78 is 33.5. The number of ether oxygens (including phenoxy) is 6. The van der Waals surface area contributed by atoms with Crippen LogP contribution in [0.5, 0.6) is 0 Å². The molecule has 11 atom stereocenters. The second-order valence-electron chi connectivity index (χ2n) is 17.6. The van der Waals surface area contributed by atoms with Gasteiger partial charge in [-0.05, 0) is 44.9 Å². The van der Waals surface area contributed by atoms with Gasteiger partial charge < -0.3 is 64.2 Å². The molecule has 0 saturated carbocycles. The van der Waals surface area contributed by atoms with Crippen LogP contribution in [0.25, 0.3) is 0 Å². The largest absolute Gasteiger partial charge is 0.462 e. The zero-order valence-corrected chi connectivity index (χ0v) is 39.3. The highest BCUT2D eigenvalue weighted by Crippen LogP contribution is 2.26. The van der Waals surface area contributed by atoms with Crippen LogP contribution in [-0.2, 0) is 38.0 Å². The molecule has 2 aliphatic heterocycles. The number of hydrogen-bond acceptors (Lipinski definition) is 15. The Morgan fingerprint density at radius 1 is 0.500 bits per heavy atom. The Balaban J connectivity index is 1.83. The Bertz CT molecular complexity index is 1220. The van der Waals surface area contributed by atoms with Gasteiger partial charge in [-0.3, -0.25) is 9.59 Å².